The molecular weight excluding hydrogens is 394 g/mol. The molecule has 0 saturated carbocycles. The van der Waals surface area contributed by atoms with Crippen LogP contribution >= 0.6 is 12.4 Å². The maximum absolute atomic E-state index is 6.01. The molecule has 30 heavy (non-hydrogen) atoms. The van der Waals surface area contributed by atoms with E-state index in [0.29, 0.717) is 12.6 Å². The van der Waals surface area contributed by atoms with Gasteiger partial charge < -0.3 is 14.8 Å². The summed E-state index contributed by atoms with van der Waals surface area (Å²) in [5.74, 6) is 1.54. The molecule has 3 aromatic carbocycles. The Morgan fingerprint density at radius 1 is 0.867 bits per heavy atom. The van der Waals surface area contributed by atoms with Gasteiger partial charge in [0.25, 0.3) is 0 Å². The Kier molecular flexibility index (Phi) is 9.72. The molecule has 0 aliphatic carbocycles. The summed E-state index contributed by atoms with van der Waals surface area (Å²) in [5, 5.41) is 3.69. The van der Waals surface area contributed by atoms with Crippen LogP contribution in [0.15, 0.2) is 72.8 Å². The van der Waals surface area contributed by atoms with Crippen molar-refractivity contribution < 1.29 is 9.47 Å². The fraction of sp³-hybridized carbons (Fsp3) is 0.308. The molecule has 0 bridgehead atoms. The summed E-state index contributed by atoms with van der Waals surface area (Å²) in [7, 11) is 1.69. The lowest BCUT2D eigenvalue weighted by molar-refractivity contribution is 0.284. The minimum Gasteiger partial charge on any atom is -0.493 e. The van der Waals surface area contributed by atoms with E-state index in [9.17, 15) is 0 Å². The summed E-state index contributed by atoms with van der Waals surface area (Å²) in [5.41, 5.74) is 4.91. The van der Waals surface area contributed by atoms with Gasteiger partial charge in [-0.3, -0.25) is 0 Å². The molecule has 3 aromatic rings. The van der Waals surface area contributed by atoms with Gasteiger partial charge in [0.05, 0.1) is 7.11 Å². The molecule has 1 unspecified atom stereocenters. The van der Waals surface area contributed by atoms with Gasteiger partial charge in [-0.1, -0.05) is 79.6 Å². The minimum atomic E-state index is 0. The van der Waals surface area contributed by atoms with E-state index in [4.69, 9.17) is 9.47 Å². The zero-order chi connectivity index (χ0) is 20.5. The van der Waals surface area contributed by atoms with Gasteiger partial charge in [0.15, 0.2) is 11.5 Å². The van der Waals surface area contributed by atoms with E-state index in [-0.39, 0.29) is 12.4 Å². The Morgan fingerprint density at radius 3 is 2.37 bits per heavy atom. The molecule has 3 rings (SSSR count). The molecular formula is C26H32ClNO2. The highest BCUT2D eigenvalue weighted by Gasteiger charge is 2.11. The van der Waals surface area contributed by atoms with Crippen molar-refractivity contribution in [2.75, 3.05) is 7.11 Å². The van der Waals surface area contributed by atoms with Crippen molar-refractivity contribution in [2.24, 2.45) is 0 Å². The predicted molar refractivity (Wildman–Crippen MR) is 127 cm³/mol. The van der Waals surface area contributed by atoms with Gasteiger partial charge in [-0.15, -0.1) is 12.4 Å². The van der Waals surface area contributed by atoms with Crippen molar-refractivity contribution in [1.29, 1.82) is 0 Å². The third kappa shape index (κ3) is 6.79. The lowest BCUT2D eigenvalue weighted by atomic mass is 10.0. The molecule has 0 saturated heterocycles. The van der Waals surface area contributed by atoms with Gasteiger partial charge in [0, 0.05) is 12.6 Å². The number of rotatable bonds is 10. The monoisotopic (exact) mass is 425 g/mol. The summed E-state index contributed by atoms with van der Waals surface area (Å²) >= 11 is 0. The molecule has 3 nitrogen and oxygen atoms in total. The number of ether oxygens (including phenoxy) is 2. The zero-order valence-corrected chi connectivity index (χ0v) is 18.9. The number of nitrogens with one attached hydrogen (secondary N) is 1. The summed E-state index contributed by atoms with van der Waals surface area (Å²) in [6.45, 7) is 5.63. The lowest BCUT2D eigenvalue weighted by Gasteiger charge is -2.19. The molecule has 160 valence electrons. The summed E-state index contributed by atoms with van der Waals surface area (Å²) in [4.78, 5) is 0. The smallest absolute Gasteiger partial charge is 0.161 e. The van der Waals surface area contributed by atoms with Gasteiger partial charge in [-0.05, 0) is 42.2 Å². The van der Waals surface area contributed by atoms with Gasteiger partial charge in [0.1, 0.15) is 6.61 Å². The molecule has 0 aromatic heterocycles. The van der Waals surface area contributed by atoms with Crippen molar-refractivity contribution in [2.45, 2.75) is 45.9 Å². The molecule has 4 heteroatoms. The maximum atomic E-state index is 6.01. The highest BCUT2D eigenvalue weighted by Crippen LogP contribution is 2.29. The Labute approximate surface area is 186 Å². The minimum absolute atomic E-state index is 0. The van der Waals surface area contributed by atoms with E-state index in [2.05, 4.69) is 85.9 Å². The van der Waals surface area contributed by atoms with Crippen LogP contribution in [-0.2, 0) is 13.2 Å². The molecule has 0 amide bonds. The first-order valence-electron chi connectivity index (χ1n) is 10.3. The Bertz CT molecular complexity index is 899. The molecule has 0 aliphatic heterocycles. The SMILES string of the molecule is CCCC(NCc1ccc(OCc2cccc(C)c2)c(OC)c1)c1ccccc1.Cl. The van der Waals surface area contributed by atoms with Crippen molar-refractivity contribution in [1.82, 2.24) is 5.32 Å². The van der Waals surface area contributed by atoms with Crippen molar-refractivity contribution in [3.63, 3.8) is 0 Å². The van der Waals surface area contributed by atoms with Crippen LogP contribution in [0.3, 0.4) is 0 Å². The average molecular weight is 426 g/mol. The van der Waals surface area contributed by atoms with Crippen LogP contribution in [0.5, 0.6) is 11.5 Å². The van der Waals surface area contributed by atoms with Crippen molar-refractivity contribution >= 4 is 12.4 Å². The number of methoxy groups -OCH3 is 1. The molecule has 1 N–H and O–H groups in total. The lowest BCUT2D eigenvalue weighted by Crippen LogP contribution is -2.20. The van der Waals surface area contributed by atoms with Crippen molar-refractivity contribution in [3.05, 3.63) is 95.1 Å². The van der Waals surface area contributed by atoms with E-state index in [1.54, 1.807) is 7.11 Å². The van der Waals surface area contributed by atoms with Gasteiger partial charge in [-0.25, -0.2) is 0 Å². The van der Waals surface area contributed by atoms with Gasteiger partial charge in [0.2, 0.25) is 0 Å². The number of aryl methyl sites for hydroxylation is 1. The predicted octanol–water partition coefficient (Wildman–Crippen LogP) is 6.64. The first-order valence-corrected chi connectivity index (χ1v) is 10.3. The molecule has 0 spiro atoms. The normalized spacial score (nSPS) is 11.4. The number of halogens is 1. The number of hydrogen-bond donors (Lipinski definition) is 1. The Morgan fingerprint density at radius 2 is 1.67 bits per heavy atom. The summed E-state index contributed by atoms with van der Waals surface area (Å²) in [6.07, 6.45) is 2.25. The molecule has 0 radical (unpaired) electrons. The second-order valence-electron chi connectivity index (χ2n) is 7.40. The van der Waals surface area contributed by atoms with Crippen LogP contribution in [-0.4, -0.2) is 7.11 Å². The van der Waals surface area contributed by atoms with Crippen LogP contribution in [0.1, 0.15) is 48.1 Å². The molecule has 0 fully saturated rings. The van der Waals surface area contributed by atoms with E-state index in [1.165, 1.54) is 16.7 Å². The topological polar surface area (TPSA) is 30.5 Å². The van der Waals surface area contributed by atoms with E-state index >= 15 is 0 Å². The second-order valence-corrected chi connectivity index (χ2v) is 7.40. The van der Waals surface area contributed by atoms with Crippen molar-refractivity contribution in [3.8, 4) is 11.5 Å². The van der Waals surface area contributed by atoms with E-state index in [1.807, 2.05) is 6.07 Å². The van der Waals surface area contributed by atoms with Crippen LogP contribution in [0.2, 0.25) is 0 Å². The Hall–Kier alpha value is -2.49. The fourth-order valence-electron chi connectivity index (χ4n) is 3.51. The maximum Gasteiger partial charge on any atom is 0.161 e. The molecule has 0 aliphatic rings. The van der Waals surface area contributed by atoms with Crippen LogP contribution in [0, 0.1) is 6.92 Å². The highest BCUT2D eigenvalue weighted by molar-refractivity contribution is 5.85. The first kappa shape index (κ1) is 23.8. The first-order chi connectivity index (χ1) is 14.2. The highest BCUT2D eigenvalue weighted by atomic mass is 35.5. The summed E-state index contributed by atoms with van der Waals surface area (Å²) < 4.78 is 11.6. The third-order valence-corrected chi connectivity index (χ3v) is 5.04. The number of benzene rings is 3. The summed E-state index contributed by atoms with van der Waals surface area (Å²) in [6, 6.07) is 25.5. The van der Waals surface area contributed by atoms with Crippen LogP contribution in [0.4, 0.5) is 0 Å². The molecule has 1 atom stereocenters. The van der Waals surface area contributed by atoms with Gasteiger partial charge in [-0.2, -0.15) is 0 Å². The zero-order valence-electron chi connectivity index (χ0n) is 18.1. The second kappa shape index (κ2) is 12.3. The number of hydrogen-bond acceptors (Lipinski definition) is 3. The molecule has 0 heterocycles. The van der Waals surface area contributed by atoms with Crippen LogP contribution in [0.25, 0.3) is 0 Å². The quantitative estimate of drug-likeness (QED) is 0.395. The third-order valence-electron chi connectivity index (χ3n) is 5.04. The average Bonchev–Trinajstić information content (AvgIpc) is 2.76. The Balaban J connectivity index is 0.00000320. The fourth-order valence-corrected chi connectivity index (χ4v) is 3.51. The van der Waals surface area contributed by atoms with E-state index in [0.717, 1.165) is 36.4 Å². The largest absolute Gasteiger partial charge is 0.493 e. The van der Waals surface area contributed by atoms with Crippen LogP contribution < -0.4 is 14.8 Å². The standard InChI is InChI=1S/C26H31NO2.ClH/c1-4-9-24(23-12-6-5-7-13-23)27-18-21-14-15-25(26(17-21)28-3)29-19-22-11-8-10-20(2)16-22;/h5-8,10-17,24,27H,4,9,18-19H2,1-3H3;1H. The van der Waals surface area contributed by atoms with Gasteiger partial charge >= 0.3 is 0 Å². The van der Waals surface area contributed by atoms with E-state index < -0.39 is 0 Å².